The Balaban J connectivity index is 1.53. The van der Waals surface area contributed by atoms with E-state index in [1.54, 1.807) is 36.0 Å². The van der Waals surface area contributed by atoms with Gasteiger partial charge in [-0.3, -0.25) is 14.4 Å². The number of amides is 3. The SMILES string of the molecule is COc1ccccc1C(=O)N1CCN(C(=O)C2CCN(C(C)=O)CC2)CC1. The van der Waals surface area contributed by atoms with E-state index in [0.717, 1.165) is 12.8 Å². The summed E-state index contributed by atoms with van der Waals surface area (Å²) in [6, 6.07) is 7.20. The number of carbonyl (C=O) groups is 3. The molecule has 0 aromatic heterocycles. The third kappa shape index (κ3) is 4.23. The Hall–Kier alpha value is -2.57. The number of likely N-dealkylation sites (tertiary alicyclic amines) is 1. The normalized spacial score (nSPS) is 18.4. The summed E-state index contributed by atoms with van der Waals surface area (Å²) < 4.78 is 5.28. The third-order valence-electron chi connectivity index (χ3n) is 5.51. The first kappa shape index (κ1) is 19.2. The number of ether oxygens (including phenoxy) is 1. The van der Waals surface area contributed by atoms with Gasteiger partial charge in [-0.05, 0) is 25.0 Å². The van der Waals surface area contributed by atoms with Crippen molar-refractivity contribution < 1.29 is 19.1 Å². The first-order valence-electron chi connectivity index (χ1n) is 9.48. The lowest BCUT2D eigenvalue weighted by Gasteiger charge is -2.38. The van der Waals surface area contributed by atoms with Gasteiger partial charge in [0.1, 0.15) is 5.75 Å². The van der Waals surface area contributed by atoms with Crippen molar-refractivity contribution in [2.75, 3.05) is 46.4 Å². The molecule has 0 saturated carbocycles. The Morgan fingerprint density at radius 1 is 0.889 bits per heavy atom. The van der Waals surface area contributed by atoms with Gasteiger partial charge in [0.05, 0.1) is 12.7 Å². The monoisotopic (exact) mass is 373 g/mol. The predicted molar refractivity (Wildman–Crippen MR) is 100 cm³/mol. The zero-order valence-corrected chi connectivity index (χ0v) is 16.0. The number of nitrogens with zero attached hydrogens (tertiary/aromatic N) is 3. The summed E-state index contributed by atoms with van der Waals surface area (Å²) in [6.45, 7) is 5.01. The van der Waals surface area contributed by atoms with Crippen molar-refractivity contribution in [1.82, 2.24) is 14.7 Å². The number of carbonyl (C=O) groups excluding carboxylic acids is 3. The first-order chi connectivity index (χ1) is 13.0. The molecule has 0 spiro atoms. The second kappa shape index (κ2) is 8.41. The summed E-state index contributed by atoms with van der Waals surface area (Å²) in [5.74, 6) is 0.719. The number of hydrogen-bond acceptors (Lipinski definition) is 4. The molecule has 7 nitrogen and oxygen atoms in total. The molecule has 0 bridgehead atoms. The van der Waals surface area contributed by atoms with Crippen LogP contribution < -0.4 is 4.74 Å². The van der Waals surface area contributed by atoms with Crippen LogP contribution in [0.4, 0.5) is 0 Å². The van der Waals surface area contributed by atoms with E-state index in [0.29, 0.717) is 50.6 Å². The predicted octanol–water partition coefficient (Wildman–Crippen LogP) is 1.24. The molecular weight excluding hydrogens is 346 g/mol. The summed E-state index contributed by atoms with van der Waals surface area (Å²) in [6.07, 6.45) is 1.44. The molecule has 0 aliphatic carbocycles. The summed E-state index contributed by atoms with van der Waals surface area (Å²) in [7, 11) is 1.56. The minimum absolute atomic E-state index is 0.0166. The maximum atomic E-state index is 12.8. The molecule has 146 valence electrons. The van der Waals surface area contributed by atoms with E-state index >= 15 is 0 Å². The molecule has 1 aromatic rings. The Bertz CT molecular complexity index is 705. The number of methoxy groups -OCH3 is 1. The average molecular weight is 373 g/mol. The fourth-order valence-electron chi connectivity index (χ4n) is 3.82. The molecule has 3 amide bonds. The highest BCUT2D eigenvalue weighted by Crippen LogP contribution is 2.23. The lowest BCUT2D eigenvalue weighted by molar-refractivity contribution is -0.141. The molecule has 0 radical (unpaired) electrons. The highest BCUT2D eigenvalue weighted by atomic mass is 16.5. The summed E-state index contributed by atoms with van der Waals surface area (Å²) in [5.41, 5.74) is 0.552. The summed E-state index contributed by atoms with van der Waals surface area (Å²) in [5, 5.41) is 0. The van der Waals surface area contributed by atoms with Crippen molar-refractivity contribution in [2.24, 2.45) is 5.92 Å². The number of rotatable bonds is 3. The van der Waals surface area contributed by atoms with Crippen LogP contribution >= 0.6 is 0 Å². The van der Waals surface area contributed by atoms with Crippen LogP contribution in [-0.4, -0.2) is 78.8 Å². The van der Waals surface area contributed by atoms with E-state index in [2.05, 4.69) is 0 Å². The maximum absolute atomic E-state index is 12.8. The second-order valence-corrected chi connectivity index (χ2v) is 7.10. The molecular formula is C20H27N3O4. The van der Waals surface area contributed by atoms with Crippen molar-refractivity contribution >= 4 is 17.7 Å². The van der Waals surface area contributed by atoms with Crippen LogP contribution in [0.5, 0.6) is 5.75 Å². The summed E-state index contributed by atoms with van der Waals surface area (Å²) in [4.78, 5) is 42.4. The molecule has 3 rings (SSSR count). The molecule has 2 aliphatic heterocycles. The van der Waals surface area contributed by atoms with E-state index in [1.807, 2.05) is 17.0 Å². The van der Waals surface area contributed by atoms with Gasteiger partial charge < -0.3 is 19.4 Å². The smallest absolute Gasteiger partial charge is 0.257 e. The van der Waals surface area contributed by atoms with Gasteiger partial charge in [0.15, 0.2) is 0 Å². The molecule has 7 heteroatoms. The van der Waals surface area contributed by atoms with Gasteiger partial charge in [-0.25, -0.2) is 0 Å². The largest absolute Gasteiger partial charge is 0.496 e. The fraction of sp³-hybridized carbons (Fsp3) is 0.550. The highest BCUT2D eigenvalue weighted by Gasteiger charge is 2.32. The molecule has 2 heterocycles. The molecule has 2 aliphatic rings. The maximum Gasteiger partial charge on any atom is 0.257 e. The van der Waals surface area contributed by atoms with Gasteiger partial charge >= 0.3 is 0 Å². The molecule has 0 unspecified atom stereocenters. The van der Waals surface area contributed by atoms with Crippen LogP contribution in [0.1, 0.15) is 30.1 Å². The van der Waals surface area contributed by atoms with Gasteiger partial charge in [-0.15, -0.1) is 0 Å². The van der Waals surface area contributed by atoms with Crippen LogP contribution in [0.25, 0.3) is 0 Å². The Morgan fingerprint density at radius 3 is 2.07 bits per heavy atom. The molecule has 0 N–H and O–H groups in total. The van der Waals surface area contributed by atoms with Crippen molar-refractivity contribution in [1.29, 1.82) is 0 Å². The van der Waals surface area contributed by atoms with Crippen molar-refractivity contribution in [3.8, 4) is 5.75 Å². The number of piperidine rings is 1. The standard InChI is InChI=1S/C20H27N3O4/c1-15(24)21-9-7-16(8-10-21)19(25)22-11-13-23(14-12-22)20(26)17-5-3-4-6-18(17)27-2/h3-6,16H,7-14H2,1-2H3. The molecule has 1 aromatic carbocycles. The number of piperazine rings is 1. The fourth-order valence-corrected chi connectivity index (χ4v) is 3.82. The minimum Gasteiger partial charge on any atom is -0.496 e. The van der Waals surface area contributed by atoms with E-state index in [1.165, 1.54) is 0 Å². The Morgan fingerprint density at radius 2 is 1.48 bits per heavy atom. The zero-order chi connectivity index (χ0) is 19.4. The van der Waals surface area contributed by atoms with Crippen LogP contribution in [0.3, 0.4) is 0 Å². The van der Waals surface area contributed by atoms with Crippen molar-refractivity contribution in [3.05, 3.63) is 29.8 Å². The number of hydrogen-bond donors (Lipinski definition) is 0. The number of para-hydroxylation sites is 1. The van der Waals surface area contributed by atoms with Crippen LogP contribution in [0.2, 0.25) is 0 Å². The van der Waals surface area contributed by atoms with Gasteiger partial charge in [0.25, 0.3) is 5.91 Å². The third-order valence-corrected chi connectivity index (χ3v) is 5.51. The van der Waals surface area contributed by atoms with Gasteiger partial charge in [-0.2, -0.15) is 0 Å². The van der Waals surface area contributed by atoms with E-state index in [-0.39, 0.29) is 23.6 Å². The average Bonchev–Trinajstić information content (AvgIpc) is 2.72. The zero-order valence-electron chi connectivity index (χ0n) is 16.0. The lowest BCUT2D eigenvalue weighted by Crippen LogP contribution is -2.53. The van der Waals surface area contributed by atoms with Crippen LogP contribution in [-0.2, 0) is 9.59 Å². The first-order valence-corrected chi connectivity index (χ1v) is 9.48. The number of benzene rings is 1. The quantitative estimate of drug-likeness (QED) is 0.799. The summed E-state index contributed by atoms with van der Waals surface area (Å²) >= 11 is 0. The lowest BCUT2D eigenvalue weighted by atomic mass is 9.95. The van der Waals surface area contributed by atoms with E-state index < -0.39 is 0 Å². The highest BCUT2D eigenvalue weighted by molar-refractivity contribution is 5.97. The van der Waals surface area contributed by atoms with Crippen LogP contribution in [0.15, 0.2) is 24.3 Å². The van der Waals surface area contributed by atoms with Gasteiger partial charge in [0.2, 0.25) is 11.8 Å². The topological polar surface area (TPSA) is 70.2 Å². The second-order valence-electron chi connectivity index (χ2n) is 7.10. The van der Waals surface area contributed by atoms with Crippen molar-refractivity contribution in [2.45, 2.75) is 19.8 Å². The molecule has 2 saturated heterocycles. The van der Waals surface area contributed by atoms with Gasteiger partial charge in [0, 0.05) is 52.1 Å². The Labute approximate surface area is 159 Å². The van der Waals surface area contributed by atoms with Gasteiger partial charge in [-0.1, -0.05) is 12.1 Å². The van der Waals surface area contributed by atoms with E-state index in [9.17, 15) is 14.4 Å². The Kier molecular flexibility index (Phi) is 5.98. The molecule has 0 atom stereocenters. The molecule has 27 heavy (non-hydrogen) atoms. The van der Waals surface area contributed by atoms with Crippen LogP contribution in [0, 0.1) is 5.92 Å². The molecule has 2 fully saturated rings. The van der Waals surface area contributed by atoms with E-state index in [4.69, 9.17) is 4.74 Å². The minimum atomic E-state index is -0.0608. The van der Waals surface area contributed by atoms with Crippen molar-refractivity contribution in [3.63, 3.8) is 0 Å².